The average molecular weight is 534 g/mol. The maximum Gasteiger partial charge on any atom is 0.136 e. The Labute approximate surface area is 233 Å². The first-order chi connectivity index (χ1) is 18.9. The molecule has 0 radical (unpaired) electrons. The Bertz CT molecular complexity index is 1580. The monoisotopic (exact) mass is 533 g/mol. The van der Waals surface area contributed by atoms with Gasteiger partial charge in [-0.05, 0) is 66.2 Å². The molecule has 8 bridgehead atoms. The van der Waals surface area contributed by atoms with Crippen molar-refractivity contribution in [3.63, 3.8) is 0 Å². The molecule has 5 aromatic rings. The van der Waals surface area contributed by atoms with Crippen molar-refractivity contribution in [1.82, 2.24) is 15.0 Å². The molecule has 4 heterocycles. The number of halogens is 1. The molecule has 0 atom stereocenters. The fourth-order valence-electron chi connectivity index (χ4n) is 4.87. The van der Waals surface area contributed by atoms with E-state index in [1.54, 1.807) is 0 Å². The predicted octanol–water partition coefficient (Wildman–Crippen LogP) is 7.58. The summed E-state index contributed by atoms with van der Waals surface area (Å²) in [6, 6.07) is 32.3. The van der Waals surface area contributed by atoms with Crippen molar-refractivity contribution in [2.45, 2.75) is 0 Å². The molecule has 3 aromatic heterocycles. The van der Waals surface area contributed by atoms with Crippen LogP contribution in [-0.4, -0.2) is 43.1 Å². The van der Waals surface area contributed by atoms with Gasteiger partial charge in [0.05, 0.1) is 11.4 Å². The Morgan fingerprint density at radius 2 is 0.821 bits per heavy atom. The van der Waals surface area contributed by atoms with Crippen LogP contribution in [0.1, 0.15) is 0 Å². The zero-order chi connectivity index (χ0) is 27.1. The minimum Gasteiger partial charge on any atom is -0.329 e. The smallest absolute Gasteiger partial charge is 0.136 e. The van der Waals surface area contributed by atoms with Crippen LogP contribution < -0.4 is 19.6 Å². The van der Waals surface area contributed by atoms with Gasteiger partial charge in [0, 0.05) is 38.8 Å². The molecule has 39 heavy (non-hydrogen) atoms. The molecule has 0 N–H and O–H groups in total. The highest BCUT2D eigenvalue weighted by atomic mass is 35.5. The average Bonchev–Trinajstić information content (AvgIpc) is 2.99. The topological polar surface area (TPSA) is 51.6 Å². The van der Waals surface area contributed by atoms with Crippen molar-refractivity contribution < 1.29 is 0 Å². The van der Waals surface area contributed by atoms with Crippen LogP contribution in [0.2, 0.25) is 5.02 Å². The Morgan fingerprint density at radius 1 is 0.462 bits per heavy atom. The second-order valence-electron chi connectivity index (χ2n) is 9.48. The second-order valence-corrected chi connectivity index (χ2v) is 9.92. The van der Waals surface area contributed by atoms with Crippen molar-refractivity contribution in [2.75, 3.05) is 47.8 Å². The van der Waals surface area contributed by atoms with Gasteiger partial charge in [-0.1, -0.05) is 48.0 Å². The summed E-state index contributed by atoms with van der Waals surface area (Å²) in [6.45, 7) is 0. The number of benzene rings is 2. The maximum atomic E-state index is 6.49. The predicted molar refractivity (Wildman–Crippen MR) is 162 cm³/mol. The van der Waals surface area contributed by atoms with Crippen LogP contribution >= 0.6 is 11.6 Å². The highest BCUT2D eigenvalue weighted by Crippen LogP contribution is 2.43. The summed E-state index contributed by atoms with van der Waals surface area (Å²) >= 11 is 6.49. The SMILES string of the molecule is CN1c2cccc(n2)N(C)c2cccc(n2)N(C)c2cccc(c2-c2cccc(Cl)c2)N(C)c2cccc1n2. The lowest BCUT2D eigenvalue weighted by molar-refractivity contribution is 1.02. The van der Waals surface area contributed by atoms with Crippen molar-refractivity contribution in [2.24, 2.45) is 0 Å². The lowest BCUT2D eigenvalue weighted by Crippen LogP contribution is -2.20. The summed E-state index contributed by atoms with van der Waals surface area (Å²) in [5, 5.41) is 0.679. The zero-order valence-corrected chi connectivity index (χ0v) is 23.0. The third-order valence-electron chi connectivity index (χ3n) is 7.08. The Balaban J connectivity index is 1.64. The quantitative estimate of drug-likeness (QED) is 0.220. The van der Waals surface area contributed by atoms with Crippen LogP contribution in [0, 0.1) is 0 Å². The first kappa shape index (κ1) is 24.7. The standard InChI is InChI=1S/C31H28ClN7/c1-36-23-12-6-13-24(31(23)21-10-5-11-22(32)20-21)37(2)26-15-8-17-28(34-26)39(4)30-19-9-18-29(35-30)38(3)27-16-7-14-25(36)33-27/h5-20H,1-4H3. The van der Waals surface area contributed by atoms with Crippen molar-refractivity contribution >= 4 is 57.9 Å². The zero-order valence-electron chi connectivity index (χ0n) is 22.2. The molecule has 1 aliphatic rings. The molecular formula is C31H28ClN7. The number of fused-ring (bicyclic) bond motifs is 8. The van der Waals surface area contributed by atoms with Gasteiger partial charge in [-0.3, -0.25) is 0 Å². The van der Waals surface area contributed by atoms with E-state index >= 15 is 0 Å². The number of pyridine rings is 3. The molecule has 6 rings (SSSR count). The Kier molecular flexibility index (Phi) is 6.29. The molecule has 0 amide bonds. The lowest BCUT2D eigenvalue weighted by Gasteiger charge is -2.29. The molecule has 2 aromatic carbocycles. The Hall–Kier alpha value is -4.62. The third-order valence-corrected chi connectivity index (χ3v) is 7.31. The third kappa shape index (κ3) is 4.51. The number of anilines is 8. The van der Waals surface area contributed by atoms with E-state index in [1.807, 2.05) is 111 Å². The van der Waals surface area contributed by atoms with Gasteiger partial charge in [0.15, 0.2) is 0 Å². The van der Waals surface area contributed by atoms with Gasteiger partial charge >= 0.3 is 0 Å². The van der Waals surface area contributed by atoms with Crippen LogP contribution in [-0.2, 0) is 0 Å². The molecule has 194 valence electrons. The van der Waals surface area contributed by atoms with Gasteiger partial charge in [-0.15, -0.1) is 0 Å². The molecule has 8 heteroatoms. The van der Waals surface area contributed by atoms with Crippen LogP contribution in [0.25, 0.3) is 11.1 Å². The number of rotatable bonds is 1. The van der Waals surface area contributed by atoms with E-state index in [-0.39, 0.29) is 0 Å². The van der Waals surface area contributed by atoms with Crippen LogP contribution in [0.4, 0.5) is 46.3 Å². The van der Waals surface area contributed by atoms with Gasteiger partial charge in [0.2, 0.25) is 0 Å². The minimum atomic E-state index is 0.679. The van der Waals surface area contributed by atoms with E-state index in [4.69, 9.17) is 26.6 Å². The normalized spacial score (nSPS) is 13.1. The summed E-state index contributed by atoms with van der Waals surface area (Å²) in [5.74, 6) is 4.76. The fraction of sp³-hybridized carbons (Fsp3) is 0.129. The van der Waals surface area contributed by atoms with Crippen molar-refractivity contribution in [3.8, 4) is 11.1 Å². The highest BCUT2D eigenvalue weighted by molar-refractivity contribution is 6.31. The molecule has 0 spiro atoms. The van der Waals surface area contributed by atoms with Crippen molar-refractivity contribution in [1.29, 1.82) is 0 Å². The number of hydrogen-bond acceptors (Lipinski definition) is 7. The van der Waals surface area contributed by atoms with E-state index in [2.05, 4.69) is 34.1 Å². The Morgan fingerprint density at radius 3 is 1.23 bits per heavy atom. The summed E-state index contributed by atoms with van der Waals surface area (Å²) in [7, 11) is 8.03. The second kappa shape index (κ2) is 9.93. The number of aromatic nitrogens is 3. The van der Waals surface area contributed by atoms with E-state index < -0.39 is 0 Å². The summed E-state index contributed by atoms with van der Waals surface area (Å²) < 4.78 is 0. The van der Waals surface area contributed by atoms with Gasteiger partial charge in [-0.25, -0.2) is 15.0 Å². The molecule has 0 fully saturated rings. The first-order valence-electron chi connectivity index (χ1n) is 12.7. The number of hydrogen-bond donors (Lipinski definition) is 0. The number of nitrogens with zero attached hydrogens (tertiary/aromatic N) is 7. The van der Waals surface area contributed by atoms with Gasteiger partial charge < -0.3 is 19.6 Å². The van der Waals surface area contributed by atoms with E-state index in [1.165, 1.54) is 0 Å². The highest BCUT2D eigenvalue weighted by Gasteiger charge is 2.21. The maximum absolute atomic E-state index is 6.49. The first-order valence-corrected chi connectivity index (χ1v) is 13.0. The molecule has 0 saturated heterocycles. The minimum absolute atomic E-state index is 0.679. The van der Waals surface area contributed by atoms with Gasteiger partial charge in [-0.2, -0.15) is 0 Å². The van der Waals surface area contributed by atoms with Crippen LogP contribution in [0.3, 0.4) is 0 Å². The van der Waals surface area contributed by atoms with Gasteiger partial charge in [0.25, 0.3) is 0 Å². The van der Waals surface area contributed by atoms with E-state index in [0.717, 1.165) is 57.4 Å². The van der Waals surface area contributed by atoms with Crippen LogP contribution in [0.15, 0.2) is 97.1 Å². The molecule has 7 nitrogen and oxygen atoms in total. The van der Waals surface area contributed by atoms with Gasteiger partial charge in [0.1, 0.15) is 34.9 Å². The molecule has 1 aliphatic heterocycles. The lowest BCUT2D eigenvalue weighted by atomic mass is 9.99. The molecular weight excluding hydrogens is 506 g/mol. The summed E-state index contributed by atoms with van der Waals surface area (Å²) in [5.41, 5.74) is 4.03. The summed E-state index contributed by atoms with van der Waals surface area (Å²) in [6.07, 6.45) is 0. The molecule has 0 saturated carbocycles. The van der Waals surface area contributed by atoms with E-state index in [0.29, 0.717) is 5.02 Å². The summed E-state index contributed by atoms with van der Waals surface area (Å²) in [4.78, 5) is 23.2. The van der Waals surface area contributed by atoms with E-state index in [9.17, 15) is 0 Å². The largest absolute Gasteiger partial charge is 0.329 e. The fourth-order valence-corrected chi connectivity index (χ4v) is 5.06. The molecule has 0 unspecified atom stereocenters. The van der Waals surface area contributed by atoms with Crippen molar-refractivity contribution in [3.05, 3.63) is 102 Å². The molecule has 0 aliphatic carbocycles. The van der Waals surface area contributed by atoms with Crippen LogP contribution in [0.5, 0.6) is 0 Å².